The third-order valence-corrected chi connectivity index (χ3v) is 8.25. The highest BCUT2D eigenvalue weighted by atomic mass is 32.2. The fourth-order valence-corrected chi connectivity index (χ4v) is 5.68. The Morgan fingerprint density at radius 2 is 1.77 bits per heavy atom. The lowest BCUT2D eigenvalue weighted by molar-refractivity contribution is -0.147. The van der Waals surface area contributed by atoms with Crippen molar-refractivity contribution in [2.24, 2.45) is 0 Å². The van der Waals surface area contributed by atoms with Gasteiger partial charge in [0, 0.05) is 24.3 Å². The number of nitrogens with one attached hydrogen (secondary N) is 2. The normalized spacial score (nSPS) is 22.4. The van der Waals surface area contributed by atoms with E-state index in [0.29, 0.717) is 31.2 Å². The number of amides is 3. The van der Waals surface area contributed by atoms with Crippen LogP contribution in [0.1, 0.15) is 48.9 Å². The van der Waals surface area contributed by atoms with Crippen LogP contribution >= 0.6 is 0 Å². The van der Waals surface area contributed by atoms with Gasteiger partial charge in [-0.2, -0.15) is 0 Å². The maximum atomic E-state index is 13.8. The molecule has 4 atom stereocenters. The molecule has 0 bridgehead atoms. The average Bonchev–Trinajstić information content (AvgIpc) is 2.91. The number of aliphatic hydroxyl groups excluding tert-OH is 1. The Morgan fingerprint density at radius 1 is 1.05 bits per heavy atom. The van der Waals surface area contributed by atoms with Crippen LogP contribution in [-0.2, 0) is 24.2 Å². The summed E-state index contributed by atoms with van der Waals surface area (Å²) < 4.78 is 23.1. The van der Waals surface area contributed by atoms with Gasteiger partial charge in [0.05, 0.1) is 12.6 Å². The molecular formula is C28H33N3O7S. The van der Waals surface area contributed by atoms with Crippen molar-refractivity contribution in [3.05, 3.63) is 60.2 Å². The van der Waals surface area contributed by atoms with E-state index >= 15 is 0 Å². The van der Waals surface area contributed by atoms with Crippen LogP contribution in [0.3, 0.4) is 0 Å². The molecule has 3 N–H and O–H groups in total. The van der Waals surface area contributed by atoms with Crippen LogP contribution in [0, 0.1) is 0 Å². The number of nitrogens with zero attached hydrogens (tertiary/aromatic N) is 1. The van der Waals surface area contributed by atoms with Crippen LogP contribution in [0.2, 0.25) is 0 Å². The monoisotopic (exact) mass is 555 g/mol. The molecular weight excluding hydrogens is 522 g/mol. The Bertz CT molecular complexity index is 1400. The van der Waals surface area contributed by atoms with E-state index in [1.54, 1.807) is 12.1 Å². The highest BCUT2D eigenvalue weighted by Crippen LogP contribution is 2.29. The number of hydrogen-bond acceptors (Lipinski definition) is 7. The fourth-order valence-electron chi connectivity index (χ4n) is 5.17. The fraction of sp³-hybridized carbons (Fsp3) is 0.429. The largest absolute Gasteiger partial charge is 0.394 e. The van der Waals surface area contributed by atoms with Gasteiger partial charge in [0.1, 0.15) is 12.1 Å². The third kappa shape index (κ3) is 6.72. The molecule has 0 radical (unpaired) electrons. The molecule has 2 aromatic carbocycles. The highest BCUT2D eigenvalue weighted by molar-refractivity contribution is 8.05. The van der Waals surface area contributed by atoms with Crippen LogP contribution < -0.4 is 10.6 Å². The predicted octanol–water partition coefficient (Wildman–Crippen LogP) is 1.48. The summed E-state index contributed by atoms with van der Waals surface area (Å²) in [7, 11) is -3.97. The van der Waals surface area contributed by atoms with Crippen molar-refractivity contribution in [1.29, 1.82) is 0 Å². The van der Waals surface area contributed by atoms with Gasteiger partial charge in [0.25, 0.3) is 5.91 Å². The van der Waals surface area contributed by atoms with E-state index in [1.807, 2.05) is 42.5 Å². The topological polar surface area (TPSA) is 150 Å². The first-order chi connectivity index (χ1) is 18.6. The molecule has 0 aliphatic carbocycles. The molecule has 0 spiro atoms. The van der Waals surface area contributed by atoms with E-state index in [0.717, 1.165) is 17.0 Å². The molecule has 1 fully saturated rings. The van der Waals surface area contributed by atoms with E-state index in [-0.39, 0.29) is 18.4 Å². The van der Waals surface area contributed by atoms with E-state index in [4.69, 9.17) is 0 Å². The smallest absolute Gasteiger partial charge is 0.251 e. The molecule has 2 aliphatic rings. The Labute approximate surface area is 227 Å². The van der Waals surface area contributed by atoms with Crippen molar-refractivity contribution in [3.63, 3.8) is 0 Å². The van der Waals surface area contributed by atoms with Gasteiger partial charge in [-0.05, 0) is 55.0 Å². The first kappa shape index (κ1) is 28.4. The zero-order chi connectivity index (χ0) is 28.2. The van der Waals surface area contributed by atoms with Gasteiger partial charge in [0.2, 0.25) is 26.8 Å². The lowest BCUT2D eigenvalue weighted by atomic mass is 9.90. The average molecular weight is 556 g/mol. The lowest BCUT2D eigenvalue weighted by Crippen LogP contribution is -2.62. The molecule has 10 nitrogen and oxygen atoms in total. The molecule has 208 valence electrons. The van der Waals surface area contributed by atoms with Crippen LogP contribution in [0.4, 0.5) is 0 Å². The second-order valence-corrected chi connectivity index (χ2v) is 12.1. The Hall–Kier alpha value is -3.57. The van der Waals surface area contributed by atoms with Crippen LogP contribution in [0.25, 0.3) is 10.8 Å². The number of rotatable bonds is 7. The maximum Gasteiger partial charge on any atom is 0.251 e. The first-order valence-corrected chi connectivity index (χ1v) is 14.9. The summed E-state index contributed by atoms with van der Waals surface area (Å²) in [6.45, 7) is -0.635. The zero-order valence-corrected chi connectivity index (χ0v) is 22.5. The van der Waals surface area contributed by atoms with Crippen molar-refractivity contribution in [2.75, 3.05) is 12.9 Å². The predicted molar refractivity (Wildman–Crippen MR) is 145 cm³/mol. The van der Waals surface area contributed by atoms with Gasteiger partial charge < -0.3 is 20.6 Å². The van der Waals surface area contributed by atoms with Gasteiger partial charge in [-0.15, -0.1) is 0 Å². The van der Waals surface area contributed by atoms with E-state index in [2.05, 4.69) is 10.6 Å². The summed E-state index contributed by atoms with van der Waals surface area (Å²) in [5.74, 6) is -1.36. The van der Waals surface area contributed by atoms with Gasteiger partial charge in [-0.3, -0.25) is 19.2 Å². The zero-order valence-electron chi connectivity index (χ0n) is 21.7. The number of fused-ring (bicyclic) bond motifs is 2. The number of carbonyl (C=O) groups is 4. The van der Waals surface area contributed by atoms with Crippen molar-refractivity contribution < 1.29 is 32.7 Å². The molecule has 4 rings (SSSR count). The number of sulfone groups is 1. The molecule has 2 aliphatic heterocycles. The summed E-state index contributed by atoms with van der Waals surface area (Å²) >= 11 is 0. The molecule has 0 aromatic heterocycles. The van der Waals surface area contributed by atoms with Crippen molar-refractivity contribution in [1.82, 2.24) is 15.5 Å². The summed E-state index contributed by atoms with van der Waals surface area (Å²) in [6, 6.07) is 9.81. The summed E-state index contributed by atoms with van der Waals surface area (Å²) in [4.78, 5) is 53.7. The van der Waals surface area contributed by atoms with E-state index in [1.165, 1.54) is 4.90 Å². The lowest BCUT2D eigenvalue weighted by Gasteiger charge is -2.43. The Balaban J connectivity index is 1.52. The van der Waals surface area contributed by atoms with Crippen molar-refractivity contribution >= 4 is 43.4 Å². The first-order valence-electron chi connectivity index (χ1n) is 13.0. The maximum absolute atomic E-state index is 13.8. The van der Waals surface area contributed by atoms with Gasteiger partial charge >= 0.3 is 0 Å². The molecule has 0 unspecified atom stereocenters. The number of benzene rings is 2. The minimum atomic E-state index is -3.97. The third-order valence-electron chi connectivity index (χ3n) is 7.26. The highest BCUT2D eigenvalue weighted by Gasteiger charge is 2.41. The minimum Gasteiger partial charge on any atom is -0.394 e. The second-order valence-electron chi connectivity index (χ2n) is 10.1. The van der Waals surface area contributed by atoms with Gasteiger partial charge in [-0.25, -0.2) is 8.42 Å². The molecule has 0 saturated carbocycles. The molecule has 3 amide bonds. The van der Waals surface area contributed by atoms with E-state index in [9.17, 15) is 32.7 Å². The molecule has 2 heterocycles. The van der Waals surface area contributed by atoms with E-state index < -0.39 is 57.9 Å². The molecule has 39 heavy (non-hydrogen) atoms. The minimum absolute atomic E-state index is 0.260. The Kier molecular flexibility index (Phi) is 8.81. The number of piperidine rings is 1. The Morgan fingerprint density at radius 3 is 2.49 bits per heavy atom. The quantitative estimate of drug-likeness (QED) is 0.438. The molecule has 2 aromatic rings. The van der Waals surface area contributed by atoms with Crippen LogP contribution in [0.15, 0.2) is 54.6 Å². The van der Waals surface area contributed by atoms with Crippen LogP contribution in [0.5, 0.6) is 0 Å². The van der Waals surface area contributed by atoms with Crippen LogP contribution in [-0.4, -0.2) is 78.3 Å². The summed E-state index contributed by atoms with van der Waals surface area (Å²) in [6.07, 6.45) is 6.55. The summed E-state index contributed by atoms with van der Waals surface area (Å²) in [5.41, 5.74) is 0.415. The standard InChI is InChI=1S/C28H33N3O7S/c1-39(37,38)25(33)16-21(17-32)29-27(35)24-12-6-10-22-9-4-5-11-23(28(36)31(22)24)30-26(34)20-14-13-18-7-2-3-8-19(18)15-20/h2-5,7-8,13-15,21-24,32H,6,9-12,16-17H2,1H3,(H,29,35)(H,30,34)/t21-,22-,23-,24-/m0/s1. The van der Waals surface area contributed by atoms with Gasteiger partial charge in [-0.1, -0.05) is 42.5 Å². The number of carbonyl (C=O) groups excluding carboxylic acids is 4. The molecule has 11 heteroatoms. The number of hydrogen-bond donors (Lipinski definition) is 3. The van der Waals surface area contributed by atoms with Crippen molar-refractivity contribution in [3.8, 4) is 0 Å². The SMILES string of the molecule is CS(=O)(=O)C(=O)C[C@@H](CO)NC(=O)[C@@H]1CCC[C@@H]2CC=CC[C@H](NC(=O)c3ccc4ccccc4c3)C(=O)N21. The second kappa shape index (κ2) is 12.1. The van der Waals surface area contributed by atoms with Gasteiger partial charge in [0.15, 0.2) is 0 Å². The van der Waals surface area contributed by atoms with Crippen molar-refractivity contribution in [2.45, 2.75) is 62.7 Å². The number of aliphatic hydroxyl groups is 1. The summed E-state index contributed by atoms with van der Waals surface area (Å²) in [5, 5.41) is 15.9. The molecule has 1 saturated heterocycles.